The Morgan fingerprint density at radius 2 is 1.63 bits per heavy atom. The first-order chi connectivity index (χ1) is 40.3. The molecule has 0 radical (unpaired) electrons. The maximum atomic E-state index is 17.2. The zero-order valence-corrected chi connectivity index (χ0v) is 46.2. The normalized spacial score (nSPS) is 22.1. The van der Waals surface area contributed by atoms with E-state index < -0.39 is 52.9 Å². The summed E-state index contributed by atoms with van der Waals surface area (Å²) in [5.74, 6) is -0.498. The van der Waals surface area contributed by atoms with Crippen molar-refractivity contribution in [1.82, 2.24) is 40.3 Å². The molecule has 0 saturated carbocycles. The van der Waals surface area contributed by atoms with E-state index in [1.807, 2.05) is 0 Å². The van der Waals surface area contributed by atoms with Gasteiger partial charge in [-0.2, -0.15) is 9.97 Å². The zero-order chi connectivity index (χ0) is 57.8. The van der Waals surface area contributed by atoms with E-state index in [1.54, 1.807) is 55.7 Å². The molecule has 6 aliphatic heterocycles. The van der Waals surface area contributed by atoms with Gasteiger partial charge in [-0.05, 0) is 68.2 Å². The summed E-state index contributed by atoms with van der Waals surface area (Å²) in [6.07, 6.45) is 11.3. The van der Waals surface area contributed by atoms with Crippen LogP contribution < -0.4 is 25.6 Å². The lowest BCUT2D eigenvalue weighted by atomic mass is 9.94. The fourth-order valence-electron chi connectivity index (χ4n) is 12.3. The largest absolute Gasteiger partial charge is 0.461 e. The van der Waals surface area contributed by atoms with E-state index in [9.17, 15) is 24.0 Å². The minimum atomic E-state index is -1.02. The second-order valence-corrected chi connectivity index (χ2v) is 21.9. The minimum Gasteiger partial charge on any atom is -0.461 e. The lowest BCUT2D eigenvalue weighted by molar-refractivity contribution is -0.136. The molecule has 5 atom stereocenters. The molecule has 2 aromatic heterocycles. The Morgan fingerprint density at radius 1 is 0.892 bits per heavy atom. The van der Waals surface area contributed by atoms with E-state index in [4.69, 9.17) is 44.8 Å². The number of ether oxygens (including phenoxy) is 6. The standard InChI is InChI=1S/C60H66F2N10O11/c1-4-42-47(61)13-8-37-6-5-7-44(50(37)42)52-51(62)53-46(30-64-52)54(70-32-39-9-10-40(33-70)65-39)68-58(67-53)83-35-60-17-16-41(71(60)31-36(2)29-60)34-82-59(77)69(3)19-21-79-23-25-81-27-26-80-24-22-78-20-18-63-38-11-12-43-45(28-38)57(76)72(56(43)75)48-14-15-49(73)66-55(48)74/h1,5-8,11-13,28,30,39-41,48,63,65H,2,9-10,14-27,29,31-35H2,3H3,(H,66,73,74)/t39?,40?,41-,48?,60-/m0/s1. The molecule has 6 aliphatic rings. The van der Waals surface area contributed by atoms with Gasteiger partial charge in [-0.25, -0.2) is 13.6 Å². The smallest absolute Gasteiger partial charge is 0.409 e. The Bertz CT molecular complexity index is 3390. The Morgan fingerprint density at radius 3 is 2.37 bits per heavy atom. The molecule has 3 unspecified atom stereocenters. The van der Waals surface area contributed by atoms with Crippen molar-refractivity contribution in [2.75, 3.05) is 116 Å². The highest BCUT2D eigenvalue weighted by Crippen LogP contribution is 2.45. The first-order valence-electron chi connectivity index (χ1n) is 28.2. The number of rotatable bonds is 24. The quantitative estimate of drug-likeness (QED) is 0.0311. The van der Waals surface area contributed by atoms with Crippen LogP contribution in [0.4, 0.5) is 25.1 Å². The molecule has 3 aromatic carbocycles. The van der Waals surface area contributed by atoms with Gasteiger partial charge in [0.2, 0.25) is 11.8 Å². The summed E-state index contributed by atoms with van der Waals surface area (Å²) >= 11 is 0. The summed E-state index contributed by atoms with van der Waals surface area (Å²) in [5.41, 5.74) is 1.98. The Hall–Kier alpha value is -7.72. The number of terminal acetylenes is 1. The van der Waals surface area contributed by atoms with Crippen LogP contribution in [0.3, 0.4) is 0 Å². The molecular weight excluding hydrogens is 1070 g/mol. The average Bonchev–Trinajstić information content (AvgIpc) is 4.35. The molecule has 83 heavy (non-hydrogen) atoms. The third kappa shape index (κ3) is 12.1. The van der Waals surface area contributed by atoms with Gasteiger partial charge >= 0.3 is 12.1 Å². The van der Waals surface area contributed by atoms with Crippen LogP contribution in [-0.4, -0.2) is 195 Å². The van der Waals surface area contributed by atoms with Crippen molar-refractivity contribution in [2.45, 2.75) is 74.7 Å². The fraction of sp³-hybridized carbons (Fsp3) is 0.467. The zero-order valence-electron chi connectivity index (χ0n) is 46.2. The van der Waals surface area contributed by atoms with E-state index in [1.165, 1.54) is 11.0 Å². The molecule has 11 rings (SSSR count). The second kappa shape index (κ2) is 25.0. The first-order valence-corrected chi connectivity index (χ1v) is 28.2. The predicted molar refractivity (Wildman–Crippen MR) is 301 cm³/mol. The van der Waals surface area contributed by atoms with Crippen LogP contribution in [0.25, 0.3) is 32.9 Å². The number of benzene rings is 3. The van der Waals surface area contributed by atoms with Gasteiger partial charge in [0.1, 0.15) is 42.1 Å². The summed E-state index contributed by atoms with van der Waals surface area (Å²) in [6, 6.07) is 12.4. The molecule has 5 aromatic rings. The van der Waals surface area contributed by atoms with Crippen LogP contribution in [0.5, 0.6) is 6.01 Å². The molecule has 2 bridgehead atoms. The summed E-state index contributed by atoms with van der Waals surface area (Å²) in [7, 11) is 1.66. The van der Waals surface area contributed by atoms with E-state index in [0.717, 1.165) is 36.2 Å². The van der Waals surface area contributed by atoms with Gasteiger partial charge in [-0.3, -0.25) is 39.3 Å². The third-order valence-corrected chi connectivity index (χ3v) is 16.4. The lowest BCUT2D eigenvalue weighted by Crippen LogP contribution is -2.54. The number of aromatic nitrogens is 3. The number of anilines is 2. The van der Waals surface area contributed by atoms with Crippen molar-refractivity contribution >= 4 is 62.9 Å². The minimum absolute atomic E-state index is 0.0127. The van der Waals surface area contributed by atoms with E-state index >= 15 is 8.78 Å². The number of hydrogen-bond acceptors (Lipinski definition) is 18. The molecule has 5 saturated heterocycles. The summed E-state index contributed by atoms with van der Waals surface area (Å²) < 4.78 is 67.2. The van der Waals surface area contributed by atoms with Crippen molar-refractivity contribution in [2.24, 2.45) is 0 Å². The van der Waals surface area contributed by atoms with Crippen molar-refractivity contribution in [3.05, 3.63) is 95.2 Å². The number of imide groups is 2. The molecule has 0 spiro atoms. The summed E-state index contributed by atoms with van der Waals surface area (Å²) in [5, 5.41) is 10.5. The lowest BCUT2D eigenvalue weighted by Gasteiger charge is -2.35. The molecule has 5 fully saturated rings. The number of fused-ring (bicyclic) bond motifs is 6. The number of amides is 5. The number of pyridine rings is 1. The van der Waals surface area contributed by atoms with Crippen LogP contribution in [0.15, 0.2) is 66.9 Å². The van der Waals surface area contributed by atoms with Crippen LogP contribution in [0, 0.1) is 24.0 Å². The van der Waals surface area contributed by atoms with E-state index in [-0.39, 0.29) is 84.7 Å². The maximum Gasteiger partial charge on any atom is 0.409 e. The summed E-state index contributed by atoms with van der Waals surface area (Å²) in [4.78, 5) is 84.2. The van der Waals surface area contributed by atoms with Crippen molar-refractivity contribution < 1.29 is 61.2 Å². The van der Waals surface area contributed by atoms with Crippen LogP contribution in [-0.2, 0) is 33.3 Å². The topological polar surface area (TPSA) is 228 Å². The number of carbonyl (C=O) groups is 5. The third-order valence-electron chi connectivity index (χ3n) is 16.4. The van der Waals surface area contributed by atoms with Crippen LogP contribution >= 0.6 is 0 Å². The molecular formula is C60H66F2N10O11. The van der Waals surface area contributed by atoms with Crippen molar-refractivity contribution in [3.63, 3.8) is 0 Å². The Balaban J connectivity index is 0.591. The predicted octanol–water partition coefficient (Wildman–Crippen LogP) is 5.24. The summed E-state index contributed by atoms with van der Waals surface area (Å²) in [6.45, 7) is 10.1. The highest BCUT2D eigenvalue weighted by Gasteiger charge is 2.52. The van der Waals surface area contributed by atoms with Gasteiger partial charge in [0.25, 0.3) is 11.8 Å². The van der Waals surface area contributed by atoms with Gasteiger partial charge < -0.3 is 48.9 Å². The average molecular weight is 1140 g/mol. The number of nitrogens with one attached hydrogen (secondary N) is 3. The number of piperazine rings is 1. The van der Waals surface area contributed by atoms with Crippen molar-refractivity contribution in [1.29, 1.82) is 0 Å². The highest BCUT2D eigenvalue weighted by molar-refractivity contribution is 6.23. The number of piperidine rings is 1. The number of nitrogens with zero attached hydrogens (tertiary/aromatic N) is 7. The second-order valence-electron chi connectivity index (χ2n) is 21.9. The van der Waals surface area contributed by atoms with Crippen LogP contribution in [0.1, 0.15) is 71.2 Å². The first kappa shape index (κ1) is 57.1. The van der Waals surface area contributed by atoms with Crippen molar-refractivity contribution in [3.8, 4) is 29.6 Å². The highest BCUT2D eigenvalue weighted by atomic mass is 19.1. The molecule has 436 valence electrons. The van der Waals surface area contributed by atoms with Crippen LogP contribution in [0.2, 0.25) is 0 Å². The number of carbonyl (C=O) groups excluding carboxylic acids is 5. The van der Waals surface area contributed by atoms with Gasteiger partial charge in [0.05, 0.1) is 80.5 Å². The number of hydrogen-bond donors (Lipinski definition) is 3. The molecule has 8 heterocycles. The Labute approximate surface area is 478 Å². The van der Waals surface area contributed by atoms with Gasteiger partial charge in [0.15, 0.2) is 5.82 Å². The molecule has 0 aliphatic carbocycles. The van der Waals surface area contributed by atoms with E-state index in [2.05, 4.69) is 43.2 Å². The maximum absolute atomic E-state index is 17.2. The van der Waals surface area contributed by atoms with Gasteiger partial charge in [-0.1, -0.05) is 42.3 Å². The number of halogens is 2. The van der Waals surface area contributed by atoms with E-state index in [0.29, 0.717) is 119 Å². The molecule has 21 nitrogen and oxygen atoms in total. The SMILES string of the molecule is C#Cc1c(F)ccc2cccc(-c3ncc4c(N5CC6CCC(C5)N6)nc(OC[C@@]56CC[C@@H](COC(=O)N(C)CCOCCOCCOCCOCCNc7ccc8c(c7)C(=O)N(C7CCC(=O)NC7=O)C8=O)N5CC(=C)C6)nc4c3F)c12. The fourth-order valence-corrected chi connectivity index (χ4v) is 12.3. The molecule has 5 amide bonds. The molecule has 3 N–H and O–H groups in total. The number of likely N-dealkylation sites (N-methyl/N-ethyl adjacent to an activating group) is 1. The Kier molecular flexibility index (Phi) is 17.2. The van der Waals surface area contributed by atoms with Gasteiger partial charge in [-0.15, -0.1) is 6.42 Å². The van der Waals surface area contributed by atoms with Gasteiger partial charge in [0, 0.05) is 87.2 Å². The monoisotopic (exact) mass is 1140 g/mol. The molecule has 23 heteroatoms.